The molecule has 0 radical (unpaired) electrons. The molecule has 1 aliphatic rings. The van der Waals surface area contributed by atoms with Gasteiger partial charge in [-0.05, 0) is 73.9 Å². The van der Waals surface area contributed by atoms with Gasteiger partial charge in [-0.25, -0.2) is 0 Å². The Morgan fingerprint density at radius 2 is 1.65 bits per heavy atom. The van der Waals surface area contributed by atoms with Crippen molar-refractivity contribution in [3.8, 4) is 0 Å². The smallest absolute Gasteiger partial charge is 0.257 e. The van der Waals surface area contributed by atoms with Gasteiger partial charge in [0, 0.05) is 27.3 Å². The normalized spacial score (nSPS) is 13.0. The van der Waals surface area contributed by atoms with Gasteiger partial charge in [-0.2, -0.15) is 0 Å². The van der Waals surface area contributed by atoms with E-state index in [2.05, 4.69) is 31.9 Å². The Bertz CT molecular complexity index is 864. The van der Waals surface area contributed by atoms with Crippen molar-refractivity contribution < 1.29 is 9.59 Å². The molecule has 0 bridgehead atoms. The van der Waals surface area contributed by atoms with E-state index in [-0.39, 0.29) is 22.8 Å². The molecule has 0 saturated heterocycles. The summed E-state index contributed by atoms with van der Waals surface area (Å²) in [6.45, 7) is 1.89. The van der Waals surface area contributed by atoms with Crippen LogP contribution in [0.15, 0.2) is 46.9 Å². The molecule has 2 aromatic carbocycles. The Morgan fingerprint density at radius 1 is 1.04 bits per heavy atom. The van der Waals surface area contributed by atoms with E-state index < -0.39 is 0 Å². The number of anilines is 2. The largest absolute Gasteiger partial charge is 0.332 e. The molecular formula is C19H18BrN3O2S. The number of carbonyl (C=O) groups is 2. The molecule has 134 valence electrons. The number of halogens is 1. The molecular weight excluding hydrogens is 414 g/mol. The van der Waals surface area contributed by atoms with Crippen molar-refractivity contribution in [1.29, 1.82) is 0 Å². The summed E-state index contributed by atoms with van der Waals surface area (Å²) >= 11 is 8.57. The van der Waals surface area contributed by atoms with Crippen molar-refractivity contribution in [2.75, 3.05) is 10.6 Å². The monoisotopic (exact) mass is 431 g/mol. The third-order valence-corrected chi connectivity index (χ3v) is 4.85. The first-order valence-electron chi connectivity index (χ1n) is 8.22. The third kappa shape index (κ3) is 4.68. The molecule has 1 fully saturated rings. The zero-order valence-electron chi connectivity index (χ0n) is 14.1. The van der Waals surface area contributed by atoms with Crippen LogP contribution in [0, 0.1) is 12.8 Å². The molecule has 0 spiro atoms. The van der Waals surface area contributed by atoms with Crippen LogP contribution in [0.4, 0.5) is 11.4 Å². The fourth-order valence-electron chi connectivity index (χ4n) is 2.42. The number of rotatable bonds is 4. The van der Waals surface area contributed by atoms with Crippen LogP contribution in [-0.4, -0.2) is 16.9 Å². The lowest BCUT2D eigenvalue weighted by atomic mass is 10.1. The molecule has 0 atom stereocenters. The summed E-state index contributed by atoms with van der Waals surface area (Å²) in [4.78, 5) is 24.2. The lowest BCUT2D eigenvalue weighted by Gasteiger charge is -2.15. The number of carbonyl (C=O) groups excluding carboxylic acids is 2. The van der Waals surface area contributed by atoms with Gasteiger partial charge < -0.3 is 10.6 Å². The van der Waals surface area contributed by atoms with Gasteiger partial charge in [-0.1, -0.05) is 22.0 Å². The van der Waals surface area contributed by atoms with Gasteiger partial charge in [0.25, 0.3) is 5.91 Å². The quantitative estimate of drug-likeness (QED) is 0.633. The van der Waals surface area contributed by atoms with Crippen LogP contribution in [0.3, 0.4) is 0 Å². The predicted molar refractivity (Wildman–Crippen MR) is 110 cm³/mol. The van der Waals surface area contributed by atoms with Gasteiger partial charge in [0.2, 0.25) is 5.91 Å². The Morgan fingerprint density at radius 3 is 2.27 bits per heavy atom. The third-order valence-electron chi connectivity index (χ3n) is 4.12. The molecule has 1 saturated carbocycles. The van der Waals surface area contributed by atoms with Crippen LogP contribution in [0.2, 0.25) is 0 Å². The first-order valence-corrected chi connectivity index (χ1v) is 9.42. The van der Waals surface area contributed by atoms with E-state index in [9.17, 15) is 9.59 Å². The number of hydrogen-bond acceptors (Lipinski definition) is 3. The van der Waals surface area contributed by atoms with E-state index in [4.69, 9.17) is 12.2 Å². The average molecular weight is 432 g/mol. The fraction of sp³-hybridized carbons (Fsp3) is 0.211. The number of benzene rings is 2. The number of amides is 2. The summed E-state index contributed by atoms with van der Waals surface area (Å²) < 4.78 is 0.899. The highest BCUT2D eigenvalue weighted by molar-refractivity contribution is 9.10. The molecule has 7 heteroatoms. The first-order chi connectivity index (χ1) is 12.4. The van der Waals surface area contributed by atoms with Gasteiger partial charge in [0.1, 0.15) is 0 Å². The number of nitrogens with one attached hydrogen (secondary N) is 3. The molecule has 3 rings (SSSR count). The van der Waals surface area contributed by atoms with Crippen molar-refractivity contribution in [1.82, 2.24) is 5.32 Å². The molecule has 3 N–H and O–H groups in total. The van der Waals surface area contributed by atoms with Crippen molar-refractivity contribution in [3.05, 3.63) is 58.1 Å². The zero-order valence-corrected chi connectivity index (χ0v) is 16.5. The first kappa shape index (κ1) is 18.5. The SMILES string of the molecule is Cc1c(NC(=O)C2CC2)cccc1NC(=S)NC(=O)c1ccc(Br)cc1. The number of thiocarbonyl (C=S) groups is 1. The van der Waals surface area contributed by atoms with Gasteiger partial charge in [0.05, 0.1) is 0 Å². The second-order valence-corrected chi connectivity index (χ2v) is 7.48. The molecule has 0 heterocycles. The Balaban J connectivity index is 1.64. The highest BCUT2D eigenvalue weighted by Crippen LogP contribution is 2.31. The van der Waals surface area contributed by atoms with Gasteiger partial charge >= 0.3 is 0 Å². The van der Waals surface area contributed by atoms with Crippen molar-refractivity contribution in [3.63, 3.8) is 0 Å². The molecule has 5 nitrogen and oxygen atoms in total. The minimum Gasteiger partial charge on any atom is -0.332 e. The topological polar surface area (TPSA) is 70.2 Å². The maximum absolute atomic E-state index is 12.2. The van der Waals surface area contributed by atoms with Crippen LogP contribution >= 0.6 is 28.1 Å². The summed E-state index contributed by atoms with van der Waals surface area (Å²) in [5, 5.41) is 8.82. The minimum atomic E-state index is -0.286. The van der Waals surface area contributed by atoms with E-state index in [1.807, 2.05) is 25.1 Å². The van der Waals surface area contributed by atoms with Crippen LogP contribution in [0.1, 0.15) is 28.8 Å². The second kappa shape index (κ2) is 7.97. The molecule has 2 aromatic rings. The lowest BCUT2D eigenvalue weighted by Crippen LogP contribution is -2.34. The Hall–Kier alpha value is -2.25. The summed E-state index contributed by atoms with van der Waals surface area (Å²) in [5.41, 5.74) is 2.86. The summed E-state index contributed by atoms with van der Waals surface area (Å²) in [6.07, 6.45) is 1.91. The van der Waals surface area contributed by atoms with Crippen LogP contribution in [0.5, 0.6) is 0 Å². The zero-order chi connectivity index (χ0) is 18.7. The Labute approximate surface area is 165 Å². The highest BCUT2D eigenvalue weighted by Gasteiger charge is 2.29. The molecule has 0 unspecified atom stereocenters. The van der Waals surface area contributed by atoms with Gasteiger partial charge in [-0.15, -0.1) is 0 Å². The van der Waals surface area contributed by atoms with E-state index in [1.165, 1.54) is 0 Å². The van der Waals surface area contributed by atoms with Gasteiger partial charge in [-0.3, -0.25) is 14.9 Å². The van der Waals surface area contributed by atoms with E-state index >= 15 is 0 Å². The van der Waals surface area contributed by atoms with Crippen molar-refractivity contribution in [2.45, 2.75) is 19.8 Å². The summed E-state index contributed by atoms with van der Waals surface area (Å²) in [6, 6.07) is 12.5. The lowest BCUT2D eigenvalue weighted by molar-refractivity contribution is -0.117. The van der Waals surface area contributed by atoms with E-state index in [0.29, 0.717) is 5.56 Å². The molecule has 2 amide bonds. The van der Waals surface area contributed by atoms with Gasteiger partial charge in [0.15, 0.2) is 5.11 Å². The molecule has 26 heavy (non-hydrogen) atoms. The van der Waals surface area contributed by atoms with E-state index in [1.54, 1.807) is 24.3 Å². The maximum atomic E-state index is 12.2. The molecule has 1 aliphatic carbocycles. The van der Waals surface area contributed by atoms with Crippen LogP contribution in [0.25, 0.3) is 0 Å². The van der Waals surface area contributed by atoms with Crippen LogP contribution < -0.4 is 16.0 Å². The Kier molecular flexibility index (Phi) is 5.68. The summed E-state index contributed by atoms with van der Waals surface area (Å²) in [5.74, 6) is -0.0977. The average Bonchev–Trinajstić information content (AvgIpc) is 3.44. The van der Waals surface area contributed by atoms with Crippen LogP contribution in [-0.2, 0) is 4.79 Å². The molecule has 0 aliphatic heterocycles. The van der Waals surface area contributed by atoms with E-state index in [0.717, 1.165) is 34.3 Å². The minimum absolute atomic E-state index is 0.0522. The second-order valence-electron chi connectivity index (χ2n) is 6.16. The fourth-order valence-corrected chi connectivity index (χ4v) is 2.88. The molecule has 0 aromatic heterocycles. The number of hydrogen-bond donors (Lipinski definition) is 3. The van der Waals surface area contributed by atoms with Crippen molar-refractivity contribution >= 4 is 56.4 Å². The maximum Gasteiger partial charge on any atom is 0.257 e. The van der Waals surface area contributed by atoms with Crippen molar-refractivity contribution in [2.24, 2.45) is 5.92 Å². The standard InChI is InChI=1S/C19H18BrN3O2S/c1-11-15(21-17(24)12-5-6-12)3-2-4-16(11)22-19(26)23-18(25)13-7-9-14(20)10-8-13/h2-4,7-10,12H,5-6H2,1H3,(H,21,24)(H2,22,23,25,26). The predicted octanol–water partition coefficient (Wildman–Crippen LogP) is 4.23. The summed E-state index contributed by atoms with van der Waals surface area (Å²) in [7, 11) is 0. The highest BCUT2D eigenvalue weighted by atomic mass is 79.9.